The van der Waals surface area contributed by atoms with Crippen LogP contribution in [0.3, 0.4) is 0 Å². The minimum atomic E-state index is -0.146. The molecule has 1 amide bonds. The van der Waals surface area contributed by atoms with Crippen molar-refractivity contribution in [3.05, 3.63) is 10.0 Å². The minimum Gasteiger partial charge on any atom is -0.469 e. The number of likely N-dealkylation sites (tertiary alicyclic amines) is 1. The SMILES string of the molecule is COC(=O)C1CCN(CCNC(=O)c2nnc(C3CCNCC3)s2)CC1.Cl.Cl. The molecule has 1 aromatic rings. The van der Waals surface area contributed by atoms with Crippen molar-refractivity contribution in [3.63, 3.8) is 0 Å². The van der Waals surface area contributed by atoms with Crippen molar-refractivity contribution >= 4 is 48.0 Å². The zero-order valence-corrected chi connectivity index (χ0v) is 18.5. The van der Waals surface area contributed by atoms with Gasteiger partial charge in [-0.2, -0.15) is 0 Å². The fraction of sp³-hybridized carbons (Fsp3) is 0.765. The summed E-state index contributed by atoms with van der Waals surface area (Å²) in [7, 11) is 1.44. The first-order valence-corrected chi connectivity index (χ1v) is 10.1. The zero-order chi connectivity index (χ0) is 18.4. The fourth-order valence-corrected chi connectivity index (χ4v) is 4.45. The zero-order valence-electron chi connectivity index (χ0n) is 16.0. The topological polar surface area (TPSA) is 96.5 Å². The van der Waals surface area contributed by atoms with E-state index < -0.39 is 0 Å². The Balaban J connectivity index is 0.00000196. The Morgan fingerprint density at radius 3 is 2.50 bits per heavy atom. The van der Waals surface area contributed by atoms with E-state index in [1.54, 1.807) is 0 Å². The molecule has 0 saturated carbocycles. The molecule has 2 aliphatic rings. The van der Waals surface area contributed by atoms with E-state index in [0.717, 1.165) is 63.4 Å². The largest absolute Gasteiger partial charge is 0.469 e. The lowest BCUT2D eigenvalue weighted by molar-refractivity contribution is -0.147. The highest BCUT2D eigenvalue weighted by Gasteiger charge is 2.25. The van der Waals surface area contributed by atoms with Crippen LogP contribution >= 0.6 is 36.2 Å². The maximum absolute atomic E-state index is 12.3. The van der Waals surface area contributed by atoms with Gasteiger partial charge in [0, 0.05) is 19.0 Å². The minimum absolute atomic E-state index is 0. The van der Waals surface area contributed by atoms with Gasteiger partial charge in [0.15, 0.2) is 0 Å². The first-order chi connectivity index (χ1) is 12.7. The summed E-state index contributed by atoms with van der Waals surface area (Å²) in [6.45, 7) is 5.06. The van der Waals surface area contributed by atoms with Crippen LogP contribution in [0.5, 0.6) is 0 Å². The van der Waals surface area contributed by atoms with Crippen LogP contribution in [0.25, 0.3) is 0 Å². The lowest BCUT2D eigenvalue weighted by Gasteiger charge is -2.30. The number of aromatic nitrogens is 2. The molecular weight excluding hydrogens is 425 g/mol. The molecule has 2 N–H and O–H groups in total. The highest BCUT2D eigenvalue weighted by Crippen LogP contribution is 2.27. The molecule has 1 aromatic heterocycles. The van der Waals surface area contributed by atoms with Crippen LogP contribution in [0.15, 0.2) is 0 Å². The Kier molecular flexibility index (Phi) is 11.2. The first-order valence-electron chi connectivity index (χ1n) is 9.30. The summed E-state index contributed by atoms with van der Waals surface area (Å²) < 4.78 is 4.80. The molecule has 0 atom stereocenters. The second-order valence-corrected chi connectivity index (χ2v) is 7.87. The Bertz CT molecular complexity index is 620. The van der Waals surface area contributed by atoms with Gasteiger partial charge in [-0.15, -0.1) is 35.0 Å². The molecule has 0 spiro atoms. The molecule has 0 aromatic carbocycles. The molecule has 28 heavy (non-hydrogen) atoms. The summed E-state index contributed by atoms with van der Waals surface area (Å²) in [6, 6.07) is 0. The van der Waals surface area contributed by atoms with Crippen LogP contribution in [0.2, 0.25) is 0 Å². The van der Waals surface area contributed by atoms with E-state index in [1.165, 1.54) is 18.4 Å². The van der Waals surface area contributed by atoms with E-state index in [0.29, 0.717) is 17.5 Å². The third kappa shape index (κ3) is 6.81. The lowest BCUT2D eigenvalue weighted by Crippen LogP contribution is -2.41. The van der Waals surface area contributed by atoms with Crippen LogP contribution in [0, 0.1) is 5.92 Å². The van der Waals surface area contributed by atoms with Gasteiger partial charge in [-0.1, -0.05) is 11.3 Å². The summed E-state index contributed by atoms with van der Waals surface area (Å²) in [6.07, 6.45) is 3.74. The van der Waals surface area contributed by atoms with Gasteiger partial charge in [0.1, 0.15) is 5.01 Å². The van der Waals surface area contributed by atoms with Crippen molar-refractivity contribution < 1.29 is 14.3 Å². The number of hydrogen-bond acceptors (Lipinski definition) is 8. The lowest BCUT2D eigenvalue weighted by atomic mass is 9.97. The number of rotatable bonds is 6. The number of carbonyl (C=O) groups is 2. The molecule has 160 valence electrons. The first kappa shape index (κ1) is 25.0. The van der Waals surface area contributed by atoms with E-state index in [4.69, 9.17) is 4.74 Å². The Hall–Kier alpha value is -1.000. The number of carbonyl (C=O) groups excluding carboxylic acids is 2. The molecule has 3 heterocycles. The van der Waals surface area contributed by atoms with Crippen LogP contribution in [-0.4, -0.2) is 73.4 Å². The highest BCUT2D eigenvalue weighted by molar-refractivity contribution is 7.13. The molecule has 3 rings (SSSR count). The van der Waals surface area contributed by atoms with E-state index in [9.17, 15) is 9.59 Å². The van der Waals surface area contributed by atoms with Gasteiger partial charge >= 0.3 is 5.97 Å². The third-order valence-electron chi connectivity index (χ3n) is 5.16. The number of ether oxygens (including phenoxy) is 1. The molecule has 2 fully saturated rings. The average Bonchev–Trinajstić information content (AvgIpc) is 3.19. The summed E-state index contributed by atoms with van der Waals surface area (Å²) in [4.78, 5) is 26.1. The predicted molar refractivity (Wildman–Crippen MR) is 113 cm³/mol. The quantitative estimate of drug-likeness (QED) is 0.629. The Morgan fingerprint density at radius 2 is 1.86 bits per heavy atom. The average molecular weight is 454 g/mol. The molecule has 8 nitrogen and oxygen atoms in total. The second-order valence-electron chi connectivity index (χ2n) is 6.86. The van der Waals surface area contributed by atoms with Crippen LogP contribution in [0.4, 0.5) is 0 Å². The summed E-state index contributed by atoms with van der Waals surface area (Å²) in [5.74, 6) is 0.179. The molecule has 0 unspecified atom stereocenters. The Morgan fingerprint density at radius 1 is 1.18 bits per heavy atom. The molecule has 0 radical (unpaired) electrons. The van der Waals surface area contributed by atoms with Crippen LogP contribution in [-0.2, 0) is 9.53 Å². The Labute approximate surface area is 182 Å². The van der Waals surface area contributed by atoms with Crippen molar-refractivity contribution in [2.24, 2.45) is 5.92 Å². The van der Waals surface area contributed by atoms with Crippen molar-refractivity contribution in [3.8, 4) is 0 Å². The van der Waals surface area contributed by atoms with Gasteiger partial charge in [-0.25, -0.2) is 0 Å². The molecular formula is C17H29Cl2N5O3S. The fourth-order valence-electron chi connectivity index (χ4n) is 3.52. The molecule has 0 aliphatic carbocycles. The third-order valence-corrected chi connectivity index (χ3v) is 6.24. The number of esters is 1. The standard InChI is InChI=1S/C17H27N5O3S.2ClH/c1-25-17(24)13-4-9-22(10-5-13)11-8-19-14(23)16-21-20-15(26-16)12-2-6-18-7-3-12;;/h12-13,18H,2-11H2,1H3,(H,19,23);2*1H. The van der Waals surface area contributed by atoms with Gasteiger partial charge in [0.05, 0.1) is 13.0 Å². The predicted octanol–water partition coefficient (Wildman–Crippen LogP) is 1.46. The van der Waals surface area contributed by atoms with Gasteiger partial charge in [0.25, 0.3) is 5.91 Å². The molecule has 2 aliphatic heterocycles. The molecule has 0 bridgehead atoms. The van der Waals surface area contributed by atoms with E-state index in [1.807, 2.05) is 0 Å². The summed E-state index contributed by atoms with van der Waals surface area (Å²) >= 11 is 1.41. The van der Waals surface area contributed by atoms with Gasteiger partial charge in [-0.05, 0) is 51.9 Å². The van der Waals surface area contributed by atoms with E-state index in [2.05, 4.69) is 25.7 Å². The van der Waals surface area contributed by atoms with Gasteiger partial charge in [-0.3, -0.25) is 9.59 Å². The van der Waals surface area contributed by atoms with E-state index in [-0.39, 0.29) is 42.6 Å². The molecule has 11 heteroatoms. The van der Waals surface area contributed by atoms with Crippen molar-refractivity contribution in [2.45, 2.75) is 31.6 Å². The summed E-state index contributed by atoms with van der Waals surface area (Å²) in [5, 5.41) is 16.0. The number of methoxy groups -OCH3 is 1. The highest BCUT2D eigenvalue weighted by atomic mass is 35.5. The number of nitrogens with one attached hydrogen (secondary N) is 2. The monoisotopic (exact) mass is 453 g/mol. The number of piperidine rings is 2. The van der Waals surface area contributed by atoms with Crippen LogP contribution < -0.4 is 10.6 Å². The van der Waals surface area contributed by atoms with Crippen LogP contribution in [0.1, 0.15) is 46.4 Å². The number of nitrogens with zero attached hydrogens (tertiary/aromatic N) is 3. The summed E-state index contributed by atoms with van der Waals surface area (Å²) in [5.41, 5.74) is 0. The maximum Gasteiger partial charge on any atom is 0.308 e. The van der Waals surface area contributed by atoms with Gasteiger partial charge in [0.2, 0.25) is 5.01 Å². The number of amides is 1. The normalized spacial score (nSPS) is 18.6. The van der Waals surface area contributed by atoms with Crippen molar-refractivity contribution in [2.75, 3.05) is 46.4 Å². The number of hydrogen-bond donors (Lipinski definition) is 2. The van der Waals surface area contributed by atoms with Crippen molar-refractivity contribution in [1.29, 1.82) is 0 Å². The van der Waals surface area contributed by atoms with E-state index >= 15 is 0 Å². The molecule has 2 saturated heterocycles. The second kappa shape index (κ2) is 12.5. The maximum atomic E-state index is 12.3. The smallest absolute Gasteiger partial charge is 0.308 e. The van der Waals surface area contributed by atoms with Crippen molar-refractivity contribution in [1.82, 2.24) is 25.7 Å². The van der Waals surface area contributed by atoms with Gasteiger partial charge < -0.3 is 20.3 Å². The number of halogens is 2.